The van der Waals surface area contributed by atoms with Crippen LogP contribution in [0.25, 0.3) is 0 Å². The van der Waals surface area contributed by atoms with Gasteiger partial charge in [0.05, 0.1) is 0 Å². The van der Waals surface area contributed by atoms with E-state index in [9.17, 15) is 0 Å². The van der Waals surface area contributed by atoms with E-state index in [2.05, 4.69) is 0 Å². The molecule has 0 aromatic heterocycles. The standard InChI is InChI=1S/C2H5Cl3Ge/c1-2-6(3,4)5/h2H2,1H3. The van der Waals surface area contributed by atoms with Crippen LogP contribution in [-0.4, -0.2) is 10.5 Å². The molecule has 0 saturated heterocycles. The van der Waals surface area contributed by atoms with E-state index in [-0.39, 0.29) is 0 Å². The van der Waals surface area contributed by atoms with Crippen molar-refractivity contribution >= 4 is 40.5 Å². The molecule has 0 radical (unpaired) electrons. The third kappa shape index (κ3) is 5.41. The van der Waals surface area contributed by atoms with Crippen LogP contribution in [0.15, 0.2) is 0 Å². The van der Waals surface area contributed by atoms with Crippen molar-refractivity contribution in [2.24, 2.45) is 0 Å². The van der Waals surface area contributed by atoms with Crippen molar-refractivity contribution in [2.75, 3.05) is 0 Å². The molecule has 0 aromatic carbocycles. The second-order valence-electron chi connectivity index (χ2n) is 0.969. The van der Waals surface area contributed by atoms with Crippen LogP contribution in [-0.2, 0) is 0 Å². The van der Waals surface area contributed by atoms with Crippen LogP contribution in [0.3, 0.4) is 0 Å². The van der Waals surface area contributed by atoms with Crippen LogP contribution < -0.4 is 0 Å². The average molecular weight is 208 g/mol. The van der Waals surface area contributed by atoms with Crippen LogP contribution in [0.5, 0.6) is 0 Å². The summed E-state index contributed by atoms with van der Waals surface area (Å²) in [5, 5.41) is 0.755. The third-order valence-corrected chi connectivity index (χ3v) is 6.25. The van der Waals surface area contributed by atoms with Gasteiger partial charge in [-0.2, -0.15) is 0 Å². The molecule has 0 aromatic rings. The third-order valence-electron chi connectivity index (χ3n) is 0.401. The molecule has 0 aliphatic heterocycles. The summed E-state index contributed by atoms with van der Waals surface area (Å²) in [4.78, 5) is 0. The van der Waals surface area contributed by atoms with Gasteiger partial charge in [-0.1, -0.05) is 0 Å². The quantitative estimate of drug-likeness (QED) is 0.581. The Morgan fingerprint density at radius 1 is 1.33 bits per heavy atom. The molecule has 4 heteroatoms. The summed E-state index contributed by atoms with van der Waals surface area (Å²) < 4.78 is 0. The first-order valence-corrected chi connectivity index (χ1v) is 11.4. The zero-order valence-corrected chi connectivity index (χ0v) is 7.71. The topological polar surface area (TPSA) is 0 Å². The SMILES string of the molecule is C[CH2][Ge]([Cl])([Cl])[Cl]. The minimum absolute atomic E-state index is 0.755. The monoisotopic (exact) mass is 208 g/mol. The van der Waals surface area contributed by atoms with E-state index in [0.717, 1.165) is 5.25 Å². The molecule has 0 aliphatic carbocycles. The fourth-order valence-electron chi connectivity index (χ4n) is 0. The van der Waals surface area contributed by atoms with Gasteiger partial charge in [-0.3, -0.25) is 0 Å². The molecule has 0 amide bonds. The first-order valence-electron chi connectivity index (χ1n) is 1.63. The van der Waals surface area contributed by atoms with Gasteiger partial charge in [0.1, 0.15) is 0 Å². The van der Waals surface area contributed by atoms with Crippen molar-refractivity contribution in [3.8, 4) is 0 Å². The fraction of sp³-hybridized carbons (Fsp3) is 1.00. The van der Waals surface area contributed by atoms with Crippen molar-refractivity contribution < 1.29 is 0 Å². The zero-order valence-electron chi connectivity index (χ0n) is 3.34. The predicted octanol–water partition coefficient (Wildman–Crippen LogP) is 2.66. The van der Waals surface area contributed by atoms with Crippen LogP contribution >= 0.6 is 30.0 Å². The summed E-state index contributed by atoms with van der Waals surface area (Å²) in [5.74, 6) is 0. The van der Waals surface area contributed by atoms with E-state index in [1.54, 1.807) is 0 Å². The molecule has 0 spiro atoms. The average Bonchev–Trinajstić information content (AvgIpc) is 1.35. The van der Waals surface area contributed by atoms with Crippen molar-refractivity contribution in [3.63, 3.8) is 0 Å². The Bertz CT molecular complexity index is 38.5. The Labute approximate surface area is 52.7 Å². The van der Waals surface area contributed by atoms with Crippen LogP contribution in [0.2, 0.25) is 5.25 Å². The molecule has 0 aliphatic rings. The van der Waals surface area contributed by atoms with Gasteiger partial charge in [0.2, 0.25) is 0 Å². The van der Waals surface area contributed by atoms with Gasteiger partial charge in [0.15, 0.2) is 0 Å². The number of hydrogen-bond donors (Lipinski definition) is 0. The molecule has 0 rings (SSSR count). The molecule has 0 heterocycles. The zero-order chi connectivity index (χ0) is 5.21. The Balaban J connectivity index is 3.17. The van der Waals surface area contributed by atoms with E-state index in [0.29, 0.717) is 0 Å². The molecule has 0 bridgehead atoms. The molecule has 0 fully saturated rings. The van der Waals surface area contributed by atoms with Gasteiger partial charge in [-0.15, -0.1) is 0 Å². The summed E-state index contributed by atoms with van der Waals surface area (Å²) in [6.07, 6.45) is 0. The molecule has 6 heavy (non-hydrogen) atoms. The van der Waals surface area contributed by atoms with Crippen LogP contribution in [0.4, 0.5) is 0 Å². The van der Waals surface area contributed by atoms with Crippen molar-refractivity contribution in [1.29, 1.82) is 0 Å². The summed E-state index contributed by atoms with van der Waals surface area (Å²) in [6.45, 7) is 1.90. The Hall–Kier alpha value is 1.41. The predicted molar refractivity (Wildman–Crippen MR) is 33.8 cm³/mol. The number of rotatable bonds is 1. The first-order chi connectivity index (χ1) is 2.56. The van der Waals surface area contributed by atoms with Crippen molar-refractivity contribution in [2.45, 2.75) is 12.2 Å². The summed E-state index contributed by atoms with van der Waals surface area (Å²) in [7, 11) is 13.7. The van der Waals surface area contributed by atoms with Gasteiger partial charge in [0.25, 0.3) is 0 Å². The van der Waals surface area contributed by atoms with E-state index < -0.39 is 10.5 Å². The first kappa shape index (κ1) is 7.41. The molecule has 0 unspecified atom stereocenters. The van der Waals surface area contributed by atoms with Crippen LogP contribution in [0, 0.1) is 0 Å². The molecular weight excluding hydrogens is 203 g/mol. The van der Waals surface area contributed by atoms with Gasteiger partial charge in [0, 0.05) is 0 Å². The molecular formula is C2H5Cl3Ge. The maximum absolute atomic E-state index is 5.44. The molecule has 38 valence electrons. The van der Waals surface area contributed by atoms with Crippen LogP contribution in [0.1, 0.15) is 6.92 Å². The Kier molecular flexibility index (Phi) is 3.28. The summed E-state index contributed by atoms with van der Waals surface area (Å²) >= 11 is 0. The van der Waals surface area contributed by atoms with Gasteiger partial charge in [-0.25, -0.2) is 0 Å². The molecule has 0 saturated carbocycles. The number of hydrogen-bond acceptors (Lipinski definition) is 0. The van der Waals surface area contributed by atoms with E-state index in [4.69, 9.17) is 30.0 Å². The van der Waals surface area contributed by atoms with Crippen molar-refractivity contribution in [3.05, 3.63) is 0 Å². The summed E-state index contributed by atoms with van der Waals surface area (Å²) in [6, 6.07) is 0. The fourth-order valence-corrected chi connectivity index (χ4v) is 0. The second-order valence-corrected chi connectivity index (χ2v) is 18.1. The van der Waals surface area contributed by atoms with Crippen molar-refractivity contribution in [1.82, 2.24) is 0 Å². The van der Waals surface area contributed by atoms with E-state index in [1.807, 2.05) is 6.92 Å². The minimum atomic E-state index is -2.62. The summed E-state index contributed by atoms with van der Waals surface area (Å²) in [5.41, 5.74) is 0. The van der Waals surface area contributed by atoms with Gasteiger partial charge >= 0.3 is 52.7 Å². The van der Waals surface area contributed by atoms with E-state index >= 15 is 0 Å². The Morgan fingerprint density at radius 2 is 1.50 bits per heavy atom. The number of halogens is 3. The Morgan fingerprint density at radius 3 is 1.50 bits per heavy atom. The van der Waals surface area contributed by atoms with Gasteiger partial charge in [-0.05, 0) is 0 Å². The normalized spacial score (nSPS) is 12.0. The molecule has 0 nitrogen and oxygen atoms in total. The molecule has 0 atom stereocenters. The second kappa shape index (κ2) is 2.65. The molecule has 0 N–H and O–H groups in total. The van der Waals surface area contributed by atoms with Gasteiger partial charge < -0.3 is 0 Å². The van der Waals surface area contributed by atoms with E-state index in [1.165, 1.54) is 0 Å². The maximum atomic E-state index is 5.44.